The summed E-state index contributed by atoms with van der Waals surface area (Å²) in [6, 6.07) is 8.97. The monoisotopic (exact) mass is 204 g/mol. The maximum Gasteiger partial charge on any atom is 0.142 e. The predicted octanol–water partition coefficient (Wildman–Crippen LogP) is 1.25. The van der Waals surface area contributed by atoms with Gasteiger partial charge in [0, 0.05) is 32.1 Å². The molecule has 2 aliphatic heterocycles. The van der Waals surface area contributed by atoms with Crippen LogP contribution in [-0.2, 0) is 0 Å². The minimum atomic E-state index is 0.599. The Balaban J connectivity index is 1.99. The van der Waals surface area contributed by atoms with Gasteiger partial charge in [-0.05, 0) is 12.1 Å². The van der Waals surface area contributed by atoms with Crippen LogP contribution < -0.4 is 15.0 Å². The number of anilines is 1. The summed E-state index contributed by atoms with van der Waals surface area (Å²) in [7, 11) is 0. The minimum Gasteiger partial charge on any atom is -0.491 e. The molecule has 2 heterocycles. The van der Waals surface area contributed by atoms with Crippen molar-refractivity contribution in [2.45, 2.75) is 12.5 Å². The second kappa shape index (κ2) is 3.74. The molecule has 1 atom stereocenters. The molecule has 1 saturated heterocycles. The number of fused-ring (bicyclic) bond motifs is 3. The third-order valence-electron chi connectivity index (χ3n) is 3.23. The number of hydrogen-bond donors (Lipinski definition) is 1. The Bertz CT molecular complexity index is 353. The van der Waals surface area contributed by atoms with Crippen molar-refractivity contribution in [3.05, 3.63) is 24.3 Å². The molecule has 1 fully saturated rings. The third kappa shape index (κ3) is 1.57. The first-order valence-corrected chi connectivity index (χ1v) is 5.64. The van der Waals surface area contributed by atoms with E-state index in [1.807, 2.05) is 6.07 Å². The molecule has 0 aliphatic carbocycles. The van der Waals surface area contributed by atoms with Crippen molar-refractivity contribution in [3.63, 3.8) is 0 Å². The highest BCUT2D eigenvalue weighted by molar-refractivity contribution is 5.60. The fourth-order valence-electron chi connectivity index (χ4n) is 2.46. The van der Waals surface area contributed by atoms with Crippen LogP contribution in [0.3, 0.4) is 0 Å². The molecule has 80 valence electrons. The molecule has 0 bridgehead atoms. The van der Waals surface area contributed by atoms with Gasteiger partial charge >= 0.3 is 0 Å². The topological polar surface area (TPSA) is 24.5 Å². The van der Waals surface area contributed by atoms with Gasteiger partial charge in [0.15, 0.2) is 0 Å². The van der Waals surface area contributed by atoms with Crippen molar-refractivity contribution in [2.75, 3.05) is 31.1 Å². The molecule has 3 nitrogen and oxygen atoms in total. The number of para-hydroxylation sites is 2. The highest BCUT2D eigenvalue weighted by Gasteiger charge is 2.26. The van der Waals surface area contributed by atoms with Crippen LogP contribution >= 0.6 is 0 Å². The highest BCUT2D eigenvalue weighted by Crippen LogP contribution is 2.33. The minimum absolute atomic E-state index is 0.599. The number of ether oxygens (including phenoxy) is 1. The lowest BCUT2D eigenvalue weighted by Crippen LogP contribution is -2.51. The summed E-state index contributed by atoms with van der Waals surface area (Å²) >= 11 is 0. The maximum atomic E-state index is 5.77. The Morgan fingerprint density at radius 3 is 3.27 bits per heavy atom. The normalized spacial score (nSPS) is 24.8. The summed E-state index contributed by atoms with van der Waals surface area (Å²) < 4.78 is 5.77. The van der Waals surface area contributed by atoms with Crippen molar-refractivity contribution in [1.82, 2.24) is 5.32 Å². The van der Waals surface area contributed by atoms with Crippen molar-refractivity contribution in [1.29, 1.82) is 0 Å². The molecule has 0 aromatic heterocycles. The van der Waals surface area contributed by atoms with Gasteiger partial charge in [-0.25, -0.2) is 0 Å². The smallest absolute Gasteiger partial charge is 0.142 e. The van der Waals surface area contributed by atoms with Crippen molar-refractivity contribution in [3.8, 4) is 5.75 Å². The summed E-state index contributed by atoms with van der Waals surface area (Å²) in [6.07, 6.45) is 1.11. The Kier molecular flexibility index (Phi) is 2.25. The predicted molar refractivity (Wildman–Crippen MR) is 60.6 cm³/mol. The summed E-state index contributed by atoms with van der Waals surface area (Å²) in [4.78, 5) is 2.48. The van der Waals surface area contributed by atoms with Crippen LogP contribution in [0.5, 0.6) is 5.75 Å². The van der Waals surface area contributed by atoms with E-state index in [9.17, 15) is 0 Å². The van der Waals surface area contributed by atoms with E-state index in [0.29, 0.717) is 6.04 Å². The van der Waals surface area contributed by atoms with E-state index in [-0.39, 0.29) is 0 Å². The van der Waals surface area contributed by atoms with Gasteiger partial charge in [-0.15, -0.1) is 0 Å². The second-order valence-corrected chi connectivity index (χ2v) is 4.16. The average Bonchev–Trinajstić information content (AvgIpc) is 2.48. The average molecular weight is 204 g/mol. The van der Waals surface area contributed by atoms with Crippen LogP contribution in [-0.4, -0.2) is 32.3 Å². The zero-order valence-corrected chi connectivity index (χ0v) is 8.78. The van der Waals surface area contributed by atoms with Crippen LogP contribution in [0.4, 0.5) is 5.69 Å². The second-order valence-electron chi connectivity index (χ2n) is 4.16. The molecule has 15 heavy (non-hydrogen) atoms. The number of nitrogens with one attached hydrogen (secondary N) is 1. The molecule has 1 aromatic rings. The van der Waals surface area contributed by atoms with Crippen LogP contribution in [0.15, 0.2) is 24.3 Å². The Labute approximate surface area is 90.0 Å². The molecule has 0 unspecified atom stereocenters. The van der Waals surface area contributed by atoms with Gasteiger partial charge in [-0.2, -0.15) is 0 Å². The van der Waals surface area contributed by atoms with Gasteiger partial charge in [0.25, 0.3) is 0 Å². The molecule has 0 amide bonds. The number of benzene rings is 1. The van der Waals surface area contributed by atoms with Crippen molar-refractivity contribution >= 4 is 5.69 Å². The number of hydrogen-bond acceptors (Lipinski definition) is 3. The van der Waals surface area contributed by atoms with Gasteiger partial charge in [0.05, 0.1) is 12.3 Å². The van der Waals surface area contributed by atoms with Crippen LogP contribution in [0.2, 0.25) is 0 Å². The maximum absolute atomic E-state index is 5.77. The molecular formula is C12H16N2O. The molecule has 0 radical (unpaired) electrons. The molecule has 3 rings (SSSR count). The quantitative estimate of drug-likeness (QED) is 0.688. The van der Waals surface area contributed by atoms with Gasteiger partial charge in [-0.1, -0.05) is 12.1 Å². The van der Waals surface area contributed by atoms with Gasteiger partial charge < -0.3 is 15.0 Å². The Morgan fingerprint density at radius 1 is 1.33 bits per heavy atom. The first-order chi connectivity index (χ1) is 7.45. The summed E-state index contributed by atoms with van der Waals surface area (Å²) in [5.74, 6) is 1.04. The van der Waals surface area contributed by atoms with E-state index < -0.39 is 0 Å². The van der Waals surface area contributed by atoms with Crippen molar-refractivity contribution < 1.29 is 4.74 Å². The van der Waals surface area contributed by atoms with Crippen molar-refractivity contribution in [2.24, 2.45) is 0 Å². The SMILES string of the molecule is c1ccc2c(c1)OCC[C@@H]1CNCCN21. The first kappa shape index (κ1) is 9.04. The van der Waals surface area contributed by atoms with Gasteiger partial charge in [0.2, 0.25) is 0 Å². The number of rotatable bonds is 0. The molecule has 3 heteroatoms. The zero-order chi connectivity index (χ0) is 10.1. The van der Waals surface area contributed by atoms with E-state index >= 15 is 0 Å². The number of piperazine rings is 1. The third-order valence-corrected chi connectivity index (χ3v) is 3.23. The highest BCUT2D eigenvalue weighted by atomic mass is 16.5. The standard InChI is InChI=1S/C12H16N2O/c1-2-4-12-11(3-1)14-7-6-13-9-10(14)5-8-15-12/h1-4,10,13H,5-9H2/t10-/m1/s1. The summed E-state index contributed by atoms with van der Waals surface area (Å²) in [5, 5.41) is 3.45. The van der Waals surface area contributed by atoms with Gasteiger partial charge in [-0.3, -0.25) is 0 Å². The molecule has 0 saturated carbocycles. The van der Waals surface area contributed by atoms with E-state index in [1.165, 1.54) is 5.69 Å². The fourth-order valence-corrected chi connectivity index (χ4v) is 2.46. The molecule has 1 aromatic carbocycles. The zero-order valence-electron chi connectivity index (χ0n) is 8.78. The Morgan fingerprint density at radius 2 is 2.27 bits per heavy atom. The van der Waals surface area contributed by atoms with Crippen LogP contribution in [0.1, 0.15) is 6.42 Å². The van der Waals surface area contributed by atoms with E-state index in [4.69, 9.17) is 4.74 Å². The van der Waals surface area contributed by atoms with E-state index in [1.54, 1.807) is 0 Å². The van der Waals surface area contributed by atoms with E-state index in [0.717, 1.165) is 38.4 Å². The largest absolute Gasteiger partial charge is 0.491 e. The molecule has 1 N–H and O–H groups in total. The summed E-state index contributed by atoms with van der Waals surface area (Å²) in [6.45, 7) is 4.08. The lowest BCUT2D eigenvalue weighted by Gasteiger charge is -2.36. The molecule has 2 aliphatic rings. The first-order valence-electron chi connectivity index (χ1n) is 5.64. The molecule has 0 spiro atoms. The fraction of sp³-hybridized carbons (Fsp3) is 0.500. The lowest BCUT2D eigenvalue weighted by atomic mass is 10.1. The Hall–Kier alpha value is -1.22. The van der Waals surface area contributed by atoms with Gasteiger partial charge in [0.1, 0.15) is 5.75 Å². The lowest BCUT2D eigenvalue weighted by molar-refractivity contribution is 0.304. The van der Waals surface area contributed by atoms with Crippen LogP contribution in [0.25, 0.3) is 0 Å². The van der Waals surface area contributed by atoms with E-state index in [2.05, 4.69) is 28.4 Å². The van der Waals surface area contributed by atoms with Crippen LogP contribution in [0, 0.1) is 0 Å². The molecular weight excluding hydrogens is 188 g/mol. The number of nitrogens with zero attached hydrogens (tertiary/aromatic N) is 1. The summed E-state index contributed by atoms with van der Waals surface area (Å²) in [5.41, 5.74) is 1.27.